The number of allylic oxidation sites excluding steroid dienone is 1. The summed E-state index contributed by atoms with van der Waals surface area (Å²) in [4.78, 5) is 11.7. The van der Waals surface area contributed by atoms with Crippen LogP contribution in [-0.2, 0) is 4.79 Å². The molecule has 0 amide bonds. The van der Waals surface area contributed by atoms with Crippen molar-refractivity contribution in [3.63, 3.8) is 0 Å². The van der Waals surface area contributed by atoms with Crippen LogP contribution in [-0.4, -0.2) is 31.0 Å². The number of carbonyl (C=O) groups is 1. The van der Waals surface area contributed by atoms with Gasteiger partial charge in [0.2, 0.25) is 0 Å². The monoisotopic (exact) mass is 181 g/mol. The Morgan fingerprint density at radius 2 is 1.75 bits per heavy atom. The molecule has 12 heavy (non-hydrogen) atoms. The third-order valence-corrected chi connectivity index (χ3v) is 1.07. The van der Waals surface area contributed by atoms with E-state index in [1.165, 1.54) is 19.0 Å². The molecular formula is C7H10F3NO. The number of hydrogen-bond donors (Lipinski definition) is 0. The van der Waals surface area contributed by atoms with Gasteiger partial charge < -0.3 is 4.90 Å². The highest BCUT2D eigenvalue weighted by Gasteiger charge is 2.36. The number of carbonyl (C=O) groups excluding carboxylic acids is 1. The molecule has 0 aliphatic heterocycles. The maximum absolute atomic E-state index is 12.0. The predicted octanol–water partition coefficient (Wildman–Crippen LogP) is 1.58. The number of ketones is 1. The van der Waals surface area contributed by atoms with Crippen molar-refractivity contribution < 1.29 is 18.0 Å². The first kappa shape index (κ1) is 11.0. The van der Waals surface area contributed by atoms with Crippen molar-refractivity contribution in [2.75, 3.05) is 14.1 Å². The molecule has 70 valence electrons. The van der Waals surface area contributed by atoms with Crippen LogP contribution in [0.2, 0.25) is 0 Å². The molecule has 0 fully saturated rings. The van der Waals surface area contributed by atoms with Crippen LogP contribution in [0.25, 0.3) is 0 Å². The summed E-state index contributed by atoms with van der Waals surface area (Å²) >= 11 is 0. The molecule has 0 heterocycles. The van der Waals surface area contributed by atoms with Crippen LogP contribution in [0.3, 0.4) is 0 Å². The van der Waals surface area contributed by atoms with E-state index in [4.69, 9.17) is 0 Å². The van der Waals surface area contributed by atoms with Crippen LogP contribution in [0.5, 0.6) is 0 Å². The number of halogens is 3. The summed E-state index contributed by atoms with van der Waals surface area (Å²) in [5.74, 6) is -0.976. The Bertz CT molecular complexity index is 205. The molecule has 0 aliphatic rings. The Kier molecular flexibility index (Phi) is 3.30. The number of hydrogen-bond acceptors (Lipinski definition) is 2. The molecule has 0 bridgehead atoms. The quantitative estimate of drug-likeness (QED) is 0.603. The van der Waals surface area contributed by atoms with E-state index in [2.05, 4.69) is 0 Å². The molecule has 0 aliphatic carbocycles. The molecule has 0 saturated carbocycles. The van der Waals surface area contributed by atoms with Gasteiger partial charge in [-0.15, -0.1) is 0 Å². The van der Waals surface area contributed by atoms with Gasteiger partial charge in [0.05, 0.1) is 0 Å². The lowest BCUT2D eigenvalue weighted by molar-refractivity contribution is -0.127. The summed E-state index contributed by atoms with van der Waals surface area (Å²) in [6.45, 7) is 0.892. The van der Waals surface area contributed by atoms with Crippen molar-refractivity contribution in [1.29, 1.82) is 0 Å². The molecule has 2 nitrogen and oxygen atoms in total. The van der Waals surface area contributed by atoms with E-state index in [9.17, 15) is 18.0 Å². The van der Waals surface area contributed by atoms with Crippen LogP contribution in [0.15, 0.2) is 11.8 Å². The summed E-state index contributed by atoms with van der Waals surface area (Å²) < 4.78 is 36.0. The number of rotatable bonds is 2. The van der Waals surface area contributed by atoms with E-state index in [0.717, 1.165) is 13.1 Å². The second kappa shape index (κ2) is 3.60. The van der Waals surface area contributed by atoms with Crippen molar-refractivity contribution >= 4 is 5.78 Å². The first-order valence-corrected chi connectivity index (χ1v) is 3.21. The standard InChI is InChI=1S/C7H10F3NO/c1-5(12)6(4-11(2)3)7(8,9)10/h4H,1-3H3. The van der Waals surface area contributed by atoms with Crippen LogP contribution in [0.1, 0.15) is 6.92 Å². The highest BCUT2D eigenvalue weighted by atomic mass is 19.4. The third-order valence-electron chi connectivity index (χ3n) is 1.07. The molecular weight excluding hydrogens is 171 g/mol. The summed E-state index contributed by atoms with van der Waals surface area (Å²) in [5.41, 5.74) is -1.13. The molecule has 0 aromatic heterocycles. The van der Waals surface area contributed by atoms with Gasteiger partial charge in [-0.3, -0.25) is 4.79 Å². The summed E-state index contributed by atoms with van der Waals surface area (Å²) in [6.07, 6.45) is -3.79. The fourth-order valence-corrected chi connectivity index (χ4v) is 0.622. The van der Waals surface area contributed by atoms with Gasteiger partial charge >= 0.3 is 6.18 Å². The number of nitrogens with zero attached hydrogens (tertiary/aromatic N) is 1. The number of Topliss-reactive ketones (excluding diaryl/α,β-unsaturated/α-hetero) is 1. The van der Waals surface area contributed by atoms with E-state index >= 15 is 0 Å². The molecule has 0 radical (unpaired) electrons. The number of alkyl halides is 3. The van der Waals surface area contributed by atoms with Gasteiger partial charge in [0.25, 0.3) is 0 Å². The van der Waals surface area contributed by atoms with Crippen LogP contribution in [0.4, 0.5) is 13.2 Å². The zero-order valence-electron chi connectivity index (χ0n) is 7.07. The highest BCUT2D eigenvalue weighted by Crippen LogP contribution is 2.26. The Balaban J connectivity index is 4.81. The van der Waals surface area contributed by atoms with Crippen molar-refractivity contribution in [3.05, 3.63) is 11.8 Å². The Morgan fingerprint density at radius 3 is 1.83 bits per heavy atom. The van der Waals surface area contributed by atoms with Crippen LogP contribution >= 0.6 is 0 Å². The third kappa shape index (κ3) is 3.41. The maximum Gasteiger partial charge on any atom is 0.421 e. The molecule has 0 unspecified atom stereocenters. The van der Waals surface area contributed by atoms with Gasteiger partial charge in [-0.2, -0.15) is 13.2 Å². The largest absolute Gasteiger partial charge is 0.421 e. The summed E-state index contributed by atoms with van der Waals surface area (Å²) in [6, 6.07) is 0. The van der Waals surface area contributed by atoms with E-state index in [1.54, 1.807) is 0 Å². The second-order valence-corrected chi connectivity index (χ2v) is 2.56. The fourth-order valence-electron chi connectivity index (χ4n) is 0.622. The lowest BCUT2D eigenvalue weighted by Gasteiger charge is -2.11. The van der Waals surface area contributed by atoms with Gasteiger partial charge in [-0.25, -0.2) is 0 Å². The van der Waals surface area contributed by atoms with Gasteiger partial charge in [-0.05, 0) is 6.92 Å². The minimum absolute atomic E-state index is 0.766. The van der Waals surface area contributed by atoms with Crippen molar-refractivity contribution in [2.24, 2.45) is 0 Å². The van der Waals surface area contributed by atoms with E-state index < -0.39 is 17.5 Å². The van der Waals surface area contributed by atoms with Crippen LogP contribution < -0.4 is 0 Å². The van der Waals surface area contributed by atoms with Gasteiger partial charge in [-0.1, -0.05) is 0 Å². The second-order valence-electron chi connectivity index (χ2n) is 2.56. The lowest BCUT2D eigenvalue weighted by atomic mass is 10.2. The average Bonchev–Trinajstić information content (AvgIpc) is 1.79. The topological polar surface area (TPSA) is 20.3 Å². The molecule has 0 N–H and O–H groups in total. The van der Waals surface area contributed by atoms with Crippen molar-refractivity contribution in [3.8, 4) is 0 Å². The molecule has 5 heteroatoms. The fraction of sp³-hybridized carbons (Fsp3) is 0.571. The predicted molar refractivity (Wildman–Crippen MR) is 38.5 cm³/mol. The minimum atomic E-state index is -4.56. The molecule has 0 spiro atoms. The van der Waals surface area contributed by atoms with E-state index in [1.807, 2.05) is 0 Å². The van der Waals surface area contributed by atoms with Crippen LogP contribution in [0, 0.1) is 0 Å². The molecule has 0 aromatic rings. The minimum Gasteiger partial charge on any atom is -0.383 e. The molecule has 0 atom stereocenters. The van der Waals surface area contributed by atoms with Crippen molar-refractivity contribution in [2.45, 2.75) is 13.1 Å². The zero-order chi connectivity index (χ0) is 9.94. The Morgan fingerprint density at radius 1 is 1.33 bits per heavy atom. The molecule has 0 saturated heterocycles. The van der Waals surface area contributed by atoms with Gasteiger partial charge in [0, 0.05) is 20.3 Å². The first-order chi connectivity index (χ1) is 5.25. The summed E-state index contributed by atoms with van der Waals surface area (Å²) in [5, 5.41) is 0. The zero-order valence-corrected chi connectivity index (χ0v) is 7.07. The Hall–Kier alpha value is -1.00. The van der Waals surface area contributed by atoms with Gasteiger partial charge in [0.15, 0.2) is 5.78 Å². The highest BCUT2D eigenvalue weighted by molar-refractivity contribution is 5.94. The SMILES string of the molecule is CC(=O)C(=CN(C)C)C(F)(F)F. The smallest absolute Gasteiger partial charge is 0.383 e. The maximum atomic E-state index is 12.0. The Labute approximate surface area is 68.7 Å². The average molecular weight is 181 g/mol. The van der Waals surface area contributed by atoms with E-state index in [0.29, 0.717) is 0 Å². The normalized spacial score (nSPS) is 13.0. The van der Waals surface area contributed by atoms with Crippen molar-refractivity contribution in [1.82, 2.24) is 4.90 Å². The van der Waals surface area contributed by atoms with Gasteiger partial charge in [0.1, 0.15) is 5.57 Å². The van der Waals surface area contributed by atoms with E-state index in [-0.39, 0.29) is 0 Å². The first-order valence-electron chi connectivity index (χ1n) is 3.21. The summed E-state index contributed by atoms with van der Waals surface area (Å²) in [7, 11) is 2.85. The molecule has 0 aromatic carbocycles. The molecule has 0 rings (SSSR count). The lowest BCUT2D eigenvalue weighted by Crippen LogP contribution is -2.21.